The summed E-state index contributed by atoms with van der Waals surface area (Å²) >= 11 is 0. The van der Waals surface area contributed by atoms with Gasteiger partial charge in [0.2, 0.25) is 5.89 Å². The van der Waals surface area contributed by atoms with Crippen LogP contribution in [0.1, 0.15) is 63.1 Å². The molecule has 20 heavy (non-hydrogen) atoms. The largest absolute Gasteiger partial charge is 0.339 e. The fraction of sp³-hybridized carbons (Fsp3) is 0.867. The van der Waals surface area contributed by atoms with Gasteiger partial charge in [0.15, 0.2) is 5.82 Å². The van der Waals surface area contributed by atoms with E-state index in [1.165, 1.54) is 12.8 Å². The Morgan fingerprint density at radius 2 is 2.00 bits per heavy atom. The van der Waals surface area contributed by atoms with Gasteiger partial charge in [-0.15, -0.1) is 0 Å². The highest BCUT2D eigenvalue weighted by Gasteiger charge is 2.28. The Labute approximate surface area is 121 Å². The number of nitrogens with zero attached hydrogens (tertiary/aromatic N) is 3. The van der Waals surface area contributed by atoms with Crippen molar-refractivity contribution in [1.82, 2.24) is 20.4 Å². The standard InChI is InChI=1S/C15H26N4O/c1-11(2)19-8-5-12(6-9-19)15-17-14(18-20-15)13-4-3-7-16-10-13/h11-13,16H,3-10H2,1-2H3. The fourth-order valence-electron chi connectivity index (χ4n) is 3.31. The van der Waals surface area contributed by atoms with Crippen molar-refractivity contribution in [1.29, 1.82) is 0 Å². The van der Waals surface area contributed by atoms with E-state index in [1.54, 1.807) is 0 Å². The van der Waals surface area contributed by atoms with Crippen LogP contribution in [0.3, 0.4) is 0 Å². The Bertz CT molecular complexity index is 417. The number of hydrogen-bond donors (Lipinski definition) is 1. The van der Waals surface area contributed by atoms with Gasteiger partial charge in [-0.05, 0) is 59.2 Å². The molecule has 112 valence electrons. The summed E-state index contributed by atoms with van der Waals surface area (Å²) in [5, 5.41) is 7.64. The van der Waals surface area contributed by atoms with Crippen molar-refractivity contribution in [2.24, 2.45) is 0 Å². The number of rotatable bonds is 3. The molecule has 0 amide bonds. The second kappa shape index (κ2) is 6.22. The van der Waals surface area contributed by atoms with Gasteiger partial charge in [0.1, 0.15) is 0 Å². The van der Waals surface area contributed by atoms with E-state index in [0.29, 0.717) is 17.9 Å². The molecular formula is C15H26N4O. The number of aromatic nitrogens is 2. The zero-order valence-electron chi connectivity index (χ0n) is 12.6. The summed E-state index contributed by atoms with van der Waals surface area (Å²) in [6.07, 6.45) is 4.67. The van der Waals surface area contributed by atoms with Crippen molar-refractivity contribution in [2.45, 2.75) is 57.4 Å². The molecule has 0 aliphatic carbocycles. The van der Waals surface area contributed by atoms with Crippen LogP contribution in [0.15, 0.2) is 4.52 Å². The molecule has 3 rings (SSSR count). The highest BCUT2D eigenvalue weighted by atomic mass is 16.5. The molecule has 1 aromatic heterocycles. The molecule has 2 aliphatic rings. The Kier molecular flexibility index (Phi) is 4.36. The van der Waals surface area contributed by atoms with Crippen molar-refractivity contribution in [3.63, 3.8) is 0 Å². The van der Waals surface area contributed by atoms with E-state index >= 15 is 0 Å². The highest BCUT2D eigenvalue weighted by molar-refractivity contribution is 5.02. The number of likely N-dealkylation sites (tertiary alicyclic amines) is 1. The predicted octanol–water partition coefficient (Wildman–Crippen LogP) is 2.12. The second-order valence-corrected chi connectivity index (χ2v) is 6.44. The van der Waals surface area contributed by atoms with Gasteiger partial charge in [0.05, 0.1) is 0 Å². The van der Waals surface area contributed by atoms with Gasteiger partial charge in [0, 0.05) is 24.4 Å². The Hall–Kier alpha value is -0.940. The van der Waals surface area contributed by atoms with Gasteiger partial charge < -0.3 is 14.7 Å². The summed E-state index contributed by atoms with van der Waals surface area (Å²) in [5.41, 5.74) is 0. The lowest BCUT2D eigenvalue weighted by Crippen LogP contribution is -2.37. The van der Waals surface area contributed by atoms with Gasteiger partial charge in [-0.2, -0.15) is 4.98 Å². The molecule has 0 radical (unpaired) electrons. The quantitative estimate of drug-likeness (QED) is 0.918. The number of nitrogens with one attached hydrogen (secondary N) is 1. The fourth-order valence-corrected chi connectivity index (χ4v) is 3.31. The number of hydrogen-bond acceptors (Lipinski definition) is 5. The Morgan fingerprint density at radius 3 is 2.65 bits per heavy atom. The molecule has 0 saturated carbocycles. The van der Waals surface area contributed by atoms with Crippen LogP contribution in [0.2, 0.25) is 0 Å². The first-order valence-corrected chi connectivity index (χ1v) is 8.02. The van der Waals surface area contributed by atoms with Crippen LogP contribution < -0.4 is 5.32 Å². The molecule has 1 unspecified atom stereocenters. The van der Waals surface area contributed by atoms with E-state index in [1.807, 2.05) is 0 Å². The highest BCUT2D eigenvalue weighted by Crippen LogP contribution is 2.29. The normalized spacial score (nSPS) is 26.2. The van der Waals surface area contributed by atoms with Crippen LogP contribution in [0.5, 0.6) is 0 Å². The summed E-state index contributed by atoms with van der Waals surface area (Å²) in [5.74, 6) is 2.69. The lowest BCUT2D eigenvalue weighted by molar-refractivity contribution is 0.159. The average Bonchev–Trinajstić information content (AvgIpc) is 2.98. The van der Waals surface area contributed by atoms with Crippen LogP contribution >= 0.6 is 0 Å². The minimum Gasteiger partial charge on any atom is -0.339 e. The molecule has 1 atom stereocenters. The van der Waals surface area contributed by atoms with E-state index in [0.717, 1.165) is 50.7 Å². The zero-order valence-corrected chi connectivity index (χ0v) is 12.6. The van der Waals surface area contributed by atoms with Crippen LogP contribution in [0.4, 0.5) is 0 Å². The first kappa shape index (κ1) is 14.0. The molecule has 3 heterocycles. The van der Waals surface area contributed by atoms with Crippen molar-refractivity contribution >= 4 is 0 Å². The Morgan fingerprint density at radius 1 is 1.20 bits per heavy atom. The molecule has 5 nitrogen and oxygen atoms in total. The van der Waals surface area contributed by atoms with Crippen LogP contribution in [-0.4, -0.2) is 47.3 Å². The minimum atomic E-state index is 0.442. The van der Waals surface area contributed by atoms with Crippen molar-refractivity contribution in [3.8, 4) is 0 Å². The number of piperidine rings is 2. The first-order valence-electron chi connectivity index (χ1n) is 8.02. The summed E-state index contributed by atoms with van der Waals surface area (Å²) in [7, 11) is 0. The maximum atomic E-state index is 5.55. The van der Waals surface area contributed by atoms with E-state index in [-0.39, 0.29) is 0 Å². The minimum absolute atomic E-state index is 0.442. The third kappa shape index (κ3) is 3.04. The van der Waals surface area contributed by atoms with Crippen LogP contribution in [-0.2, 0) is 0 Å². The smallest absolute Gasteiger partial charge is 0.229 e. The van der Waals surface area contributed by atoms with Crippen molar-refractivity contribution < 1.29 is 4.52 Å². The van der Waals surface area contributed by atoms with Crippen molar-refractivity contribution in [3.05, 3.63) is 11.7 Å². The average molecular weight is 278 g/mol. The SMILES string of the molecule is CC(C)N1CCC(c2nc(C3CCCNC3)no2)CC1. The summed E-state index contributed by atoms with van der Waals surface area (Å²) in [6, 6.07) is 0.641. The predicted molar refractivity (Wildman–Crippen MR) is 77.8 cm³/mol. The molecule has 2 fully saturated rings. The summed E-state index contributed by atoms with van der Waals surface area (Å²) in [6.45, 7) is 8.93. The molecule has 1 N–H and O–H groups in total. The van der Waals surface area contributed by atoms with Gasteiger partial charge in [0.25, 0.3) is 0 Å². The molecule has 2 aliphatic heterocycles. The summed E-state index contributed by atoms with van der Waals surface area (Å²) < 4.78 is 5.55. The molecule has 1 aromatic rings. The van der Waals surface area contributed by atoms with E-state index in [2.05, 4.69) is 29.2 Å². The van der Waals surface area contributed by atoms with Gasteiger partial charge >= 0.3 is 0 Å². The van der Waals surface area contributed by atoms with Gasteiger partial charge in [-0.25, -0.2) is 0 Å². The van der Waals surface area contributed by atoms with Gasteiger partial charge in [-0.1, -0.05) is 5.16 Å². The zero-order chi connectivity index (χ0) is 13.9. The van der Waals surface area contributed by atoms with Crippen LogP contribution in [0, 0.1) is 0 Å². The van der Waals surface area contributed by atoms with Crippen LogP contribution in [0.25, 0.3) is 0 Å². The first-order chi connectivity index (χ1) is 9.74. The second-order valence-electron chi connectivity index (χ2n) is 6.44. The van der Waals surface area contributed by atoms with E-state index < -0.39 is 0 Å². The lowest BCUT2D eigenvalue weighted by atomic mass is 9.95. The topological polar surface area (TPSA) is 54.2 Å². The van der Waals surface area contributed by atoms with Gasteiger partial charge in [-0.3, -0.25) is 0 Å². The molecule has 0 spiro atoms. The third-order valence-electron chi connectivity index (χ3n) is 4.73. The van der Waals surface area contributed by atoms with Crippen molar-refractivity contribution in [2.75, 3.05) is 26.2 Å². The molecule has 0 aromatic carbocycles. The molecule has 2 saturated heterocycles. The van der Waals surface area contributed by atoms with E-state index in [9.17, 15) is 0 Å². The summed E-state index contributed by atoms with van der Waals surface area (Å²) in [4.78, 5) is 7.22. The Balaban J connectivity index is 1.60. The molecular weight excluding hydrogens is 252 g/mol. The maximum Gasteiger partial charge on any atom is 0.229 e. The third-order valence-corrected chi connectivity index (χ3v) is 4.73. The monoisotopic (exact) mass is 278 g/mol. The lowest BCUT2D eigenvalue weighted by Gasteiger charge is -2.33. The molecule has 0 bridgehead atoms. The molecule has 5 heteroatoms. The maximum absolute atomic E-state index is 5.55. The van der Waals surface area contributed by atoms with E-state index in [4.69, 9.17) is 9.51 Å².